The van der Waals surface area contributed by atoms with Gasteiger partial charge in [-0.1, -0.05) is 24.3 Å². The van der Waals surface area contributed by atoms with Gasteiger partial charge in [-0.3, -0.25) is 9.59 Å². The molecule has 0 N–H and O–H groups in total. The number of benzene rings is 2. The third kappa shape index (κ3) is 5.96. The molecule has 0 unspecified atom stereocenters. The van der Waals surface area contributed by atoms with Gasteiger partial charge in [0.05, 0.1) is 32.3 Å². The number of hydrogen-bond acceptors (Lipinski definition) is 8. The van der Waals surface area contributed by atoms with Gasteiger partial charge in [-0.25, -0.2) is 9.59 Å². The van der Waals surface area contributed by atoms with Crippen LogP contribution in [0.5, 0.6) is 11.5 Å². The van der Waals surface area contributed by atoms with Crippen LogP contribution in [0.25, 0.3) is 6.08 Å². The van der Waals surface area contributed by atoms with Crippen molar-refractivity contribution in [3.63, 3.8) is 0 Å². The second-order valence-corrected chi connectivity index (χ2v) is 9.57. The lowest BCUT2D eigenvalue weighted by molar-refractivity contribution is -0.135. The molecule has 0 amide bonds. The number of rotatable bonds is 3. The molecule has 0 saturated heterocycles. The van der Waals surface area contributed by atoms with Crippen molar-refractivity contribution in [2.45, 2.75) is 63.9 Å². The van der Waals surface area contributed by atoms with Gasteiger partial charge in [-0.15, -0.1) is 0 Å². The third-order valence-corrected chi connectivity index (χ3v) is 6.90. The summed E-state index contributed by atoms with van der Waals surface area (Å²) in [6, 6.07) is 8.45. The Morgan fingerprint density at radius 2 is 1.76 bits per heavy atom. The molecule has 0 aliphatic carbocycles. The standard InChI is InChI=1S/C30H32O8/c1-18-8-7-11-22(31)10-6-4-5-9-21-16-24-27(28(35-2)26(21)30(34)37-18)23(17-25(32)38-24)19-12-14-20(15-13-19)29(33)36-3/h5,9,12-16,18,23H,4,6-8,10-11,17H2,1-3H3/t18-,23+/m0/s1. The fourth-order valence-electron chi connectivity index (χ4n) is 4.96. The number of allylic oxidation sites excluding steroid dienone is 1. The summed E-state index contributed by atoms with van der Waals surface area (Å²) >= 11 is 0. The molecule has 0 bridgehead atoms. The van der Waals surface area contributed by atoms with Crippen LogP contribution in [0.2, 0.25) is 0 Å². The van der Waals surface area contributed by atoms with Gasteiger partial charge in [-0.2, -0.15) is 0 Å². The SMILES string of the molecule is COC(=O)c1ccc([C@H]2CC(=O)Oc3cc4c(c(OC)c32)C(=O)O[C@@H](C)CCCC(=O)CCCC=C4)cc1. The molecule has 0 radical (unpaired) electrons. The summed E-state index contributed by atoms with van der Waals surface area (Å²) in [4.78, 5) is 50.1. The number of hydrogen-bond donors (Lipinski definition) is 0. The first-order chi connectivity index (χ1) is 18.3. The van der Waals surface area contributed by atoms with Crippen LogP contribution in [0.4, 0.5) is 0 Å². The fourth-order valence-corrected chi connectivity index (χ4v) is 4.96. The maximum absolute atomic E-state index is 13.5. The van der Waals surface area contributed by atoms with Gasteiger partial charge >= 0.3 is 17.9 Å². The average molecular weight is 521 g/mol. The number of cyclic esters (lactones) is 1. The molecule has 4 rings (SSSR count). The summed E-state index contributed by atoms with van der Waals surface area (Å²) < 4.78 is 22.0. The maximum atomic E-state index is 13.5. The zero-order valence-corrected chi connectivity index (χ0v) is 21.9. The van der Waals surface area contributed by atoms with Crippen molar-refractivity contribution in [3.8, 4) is 11.5 Å². The molecule has 2 heterocycles. The Morgan fingerprint density at radius 3 is 2.47 bits per heavy atom. The number of ether oxygens (including phenoxy) is 4. The minimum Gasteiger partial charge on any atom is -0.495 e. The molecule has 8 heteroatoms. The van der Waals surface area contributed by atoms with Gasteiger partial charge < -0.3 is 18.9 Å². The monoisotopic (exact) mass is 520 g/mol. The summed E-state index contributed by atoms with van der Waals surface area (Å²) in [5, 5.41) is 0. The van der Waals surface area contributed by atoms with Gasteiger partial charge in [0.2, 0.25) is 0 Å². The lowest BCUT2D eigenvalue weighted by atomic mass is 9.83. The van der Waals surface area contributed by atoms with E-state index in [1.54, 1.807) is 36.4 Å². The number of fused-ring (bicyclic) bond motifs is 2. The van der Waals surface area contributed by atoms with Crippen LogP contribution in [0.1, 0.15) is 95.2 Å². The number of carbonyl (C=O) groups excluding carboxylic acids is 4. The number of carbonyl (C=O) groups is 4. The van der Waals surface area contributed by atoms with Crippen LogP contribution in [0.15, 0.2) is 36.4 Å². The van der Waals surface area contributed by atoms with E-state index in [1.165, 1.54) is 14.2 Å². The molecule has 8 nitrogen and oxygen atoms in total. The largest absolute Gasteiger partial charge is 0.495 e. The maximum Gasteiger partial charge on any atom is 0.342 e. The van der Waals surface area contributed by atoms with E-state index < -0.39 is 29.9 Å². The van der Waals surface area contributed by atoms with Gasteiger partial charge in [0.25, 0.3) is 0 Å². The van der Waals surface area contributed by atoms with E-state index in [0.717, 1.165) is 5.56 Å². The minimum absolute atomic E-state index is 0.0367. The zero-order chi connectivity index (χ0) is 27.2. The minimum atomic E-state index is -0.545. The van der Waals surface area contributed by atoms with Crippen LogP contribution < -0.4 is 9.47 Å². The Bertz CT molecular complexity index is 1260. The summed E-state index contributed by atoms with van der Waals surface area (Å²) in [6.45, 7) is 1.81. The molecule has 2 aliphatic rings. The number of Topliss-reactive ketones (excluding diaryl/α,β-unsaturated/α-hetero) is 1. The second-order valence-electron chi connectivity index (χ2n) is 9.57. The van der Waals surface area contributed by atoms with Crippen molar-refractivity contribution < 1.29 is 38.1 Å². The van der Waals surface area contributed by atoms with Gasteiger partial charge in [0, 0.05) is 24.3 Å². The normalized spacial score (nSPS) is 20.3. The fraction of sp³-hybridized carbons (Fsp3) is 0.400. The molecule has 38 heavy (non-hydrogen) atoms. The lowest BCUT2D eigenvalue weighted by Crippen LogP contribution is -2.24. The first kappa shape index (κ1) is 27.1. The van der Waals surface area contributed by atoms with E-state index in [-0.39, 0.29) is 23.5 Å². The van der Waals surface area contributed by atoms with Gasteiger partial charge in [0.1, 0.15) is 22.8 Å². The molecular formula is C30H32O8. The number of ketones is 1. The highest BCUT2D eigenvalue weighted by Crippen LogP contribution is 2.47. The summed E-state index contributed by atoms with van der Waals surface area (Å²) in [5.41, 5.74) is 2.49. The van der Waals surface area contributed by atoms with Crippen LogP contribution in [0, 0.1) is 0 Å². The van der Waals surface area contributed by atoms with Gasteiger partial charge in [0.15, 0.2) is 0 Å². The van der Waals surface area contributed by atoms with Crippen LogP contribution in [-0.4, -0.2) is 44.0 Å². The molecule has 2 aromatic rings. The molecule has 200 valence electrons. The third-order valence-electron chi connectivity index (χ3n) is 6.90. The molecule has 0 aromatic heterocycles. The first-order valence-electron chi connectivity index (χ1n) is 12.9. The van der Waals surface area contributed by atoms with Crippen molar-refractivity contribution in [3.05, 3.63) is 64.2 Å². The highest BCUT2D eigenvalue weighted by molar-refractivity contribution is 5.99. The van der Waals surface area contributed by atoms with E-state index in [1.807, 2.05) is 13.0 Å². The second kappa shape index (κ2) is 12.1. The smallest absolute Gasteiger partial charge is 0.342 e. The van der Waals surface area contributed by atoms with E-state index in [9.17, 15) is 19.2 Å². The summed E-state index contributed by atoms with van der Waals surface area (Å²) in [5.74, 6) is -1.08. The molecular weight excluding hydrogens is 488 g/mol. The van der Waals surface area contributed by atoms with Crippen molar-refractivity contribution in [1.29, 1.82) is 0 Å². The highest BCUT2D eigenvalue weighted by atomic mass is 16.5. The van der Waals surface area contributed by atoms with E-state index in [0.29, 0.717) is 61.0 Å². The molecule has 0 saturated carbocycles. The Hall–Kier alpha value is -3.94. The summed E-state index contributed by atoms with van der Waals surface area (Å²) in [6.07, 6.45) is 6.89. The van der Waals surface area contributed by atoms with E-state index in [4.69, 9.17) is 18.9 Å². The number of methoxy groups -OCH3 is 2. The van der Waals surface area contributed by atoms with Gasteiger partial charge in [-0.05, 0) is 61.9 Å². The topological polar surface area (TPSA) is 105 Å². The molecule has 2 aliphatic heterocycles. The predicted molar refractivity (Wildman–Crippen MR) is 139 cm³/mol. The highest BCUT2D eigenvalue weighted by Gasteiger charge is 2.36. The van der Waals surface area contributed by atoms with Crippen LogP contribution in [0.3, 0.4) is 0 Å². The summed E-state index contributed by atoms with van der Waals surface area (Å²) in [7, 11) is 2.79. The van der Waals surface area contributed by atoms with E-state index >= 15 is 0 Å². The Morgan fingerprint density at radius 1 is 1.03 bits per heavy atom. The molecule has 2 aromatic carbocycles. The molecule has 0 fully saturated rings. The molecule has 2 atom stereocenters. The van der Waals surface area contributed by atoms with Crippen molar-refractivity contribution >= 4 is 29.8 Å². The van der Waals surface area contributed by atoms with Crippen molar-refractivity contribution in [1.82, 2.24) is 0 Å². The zero-order valence-electron chi connectivity index (χ0n) is 21.9. The average Bonchev–Trinajstić information content (AvgIpc) is 2.90. The van der Waals surface area contributed by atoms with E-state index in [2.05, 4.69) is 0 Å². The first-order valence-corrected chi connectivity index (χ1v) is 12.9. The Kier molecular flexibility index (Phi) is 8.61. The number of esters is 3. The Labute approximate surface area is 221 Å². The Balaban J connectivity index is 1.82. The van der Waals surface area contributed by atoms with Crippen LogP contribution >= 0.6 is 0 Å². The quantitative estimate of drug-likeness (QED) is 0.391. The van der Waals surface area contributed by atoms with Crippen molar-refractivity contribution in [2.24, 2.45) is 0 Å². The van der Waals surface area contributed by atoms with Crippen molar-refractivity contribution in [2.75, 3.05) is 14.2 Å². The predicted octanol–water partition coefficient (Wildman–Crippen LogP) is 5.40. The molecule has 0 spiro atoms. The van der Waals surface area contributed by atoms with Crippen LogP contribution in [-0.2, 0) is 19.1 Å². The lowest BCUT2D eigenvalue weighted by Gasteiger charge is -2.29.